The lowest BCUT2D eigenvalue weighted by molar-refractivity contribution is -0.128. The summed E-state index contributed by atoms with van der Waals surface area (Å²) in [5.41, 5.74) is 1.56. The number of rotatable bonds is 3. The second-order valence-electron chi connectivity index (χ2n) is 5.77. The van der Waals surface area contributed by atoms with Crippen LogP contribution in [0.5, 0.6) is 11.5 Å². The highest BCUT2D eigenvalue weighted by atomic mass is 16.6. The summed E-state index contributed by atoms with van der Waals surface area (Å²) in [7, 11) is 1.32. The lowest BCUT2D eigenvalue weighted by atomic mass is 10.1. The molecule has 3 rings (SSSR count). The van der Waals surface area contributed by atoms with Crippen LogP contribution < -0.4 is 14.8 Å². The van der Waals surface area contributed by atoms with Crippen molar-refractivity contribution in [1.29, 1.82) is 0 Å². The maximum absolute atomic E-state index is 12.7. The van der Waals surface area contributed by atoms with Crippen molar-refractivity contribution in [2.45, 2.75) is 26.1 Å². The molecule has 0 aromatic heterocycles. The molecular formula is C19H19NO5. The molecule has 0 spiro atoms. The van der Waals surface area contributed by atoms with Crippen LogP contribution in [0.3, 0.4) is 0 Å². The fourth-order valence-electron chi connectivity index (χ4n) is 2.71. The van der Waals surface area contributed by atoms with E-state index in [1.54, 1.807) is 44.2 Å². The molecule has 2 aromatic carbocycles. The van der Waals surface area contributed by atoms with Gasteiger partial charge in [-0.1, -0.05) is 18.2 Å². The fourth-order valence-corrected chi connectivity index (χ4v) is 2.71. The molecule has 0 radical (unpaired) electrons. The summed E-state index contributed by atoms with van der Waals surface area (Å²) in [4.78, 5) is 24.4. The third-order valence-electron chi connectivity index (χ3n) is 4.10. The predicted molar refractivity (Wildman–Crippen MR) is 92.1 cm³/mol. The molecule has 1 amide bonds. The van der Waals surface area contributed by atoms with E-state index in [4.69, 9.17) is 14.2 Å². The molecule has 0 saturated carbocycles. The number of hydrogen-bond acceptors (Lipinski definition) is 5. The van der Waals surface area contributed by atoms with Gasteiger partial charge in [-0.15, -0.1) is 0 Å². The summed E-state index contributed by atoms with van der Waals surface area (Å²) in [6, 6.07) is 12.3. The minimum absolute atomic E-state index is 0.341. The molecule has 0 bridgehead atoms. The number of carbonyl (C=O) groups is 2. The Morgan fingerprint density at radius 3 is 2.40 bits per heavy atom. The summed E-state index contributed by atoms with van der Waals surface area (Å²) in [6.07, 6.45) is -1.24. The van der Waals surface area contributed by atoms with Crippen LogP contribution in [0.15, 0.2) is 42.5 Å². The molecule has 0 aliphatic carbocycles. The molecule has 1 aliphatic rings. The zero-order valence-electron chi connectivity index (χ0n) is 14.2. The molecule has 2 atom stereocenters. The Bertz CT molecular complexity index is 817. The van der Waals surface area contributed by atoms with Crippen LogP contribution >= 0.6 is 0 Å². The lowest BCUT2D eigenvalue weighted by Crippen LogP contribution is -2.46. The van der Waals surface area contributed by atoms with Crippen LogP contribution in [0.2, 0.25) is 0 Å². The molecule has 1 heterocycles. The van der Waals surface area contributed by atoms with Crippen LogP contribution in [0.25, 0.3) is 0 Å². The van der Waals surface area contributed by atoms with Crippen LogP contribution in [-0.2, 0) is 9.53 Å². The normalized spacial score (nSPS) is 18.4. The minimum atomic E-state index is -0.795. The SMILES string of the molecule is COC(=O)c1cccc(NC(=O)[C@@H]2Oc3ccccc3O[C@H]2C)c1C. The summed E-state index contributed by atoms with van der Waals surface area (Å²) in [5.74, 6) is 0.351. The van der Waals surface area contributed by atoms with Crippen molar-refractivity contribution in [1.82, 2.24) is 0 Å². The minimum Gasteiger partial charge on any atom is -0.482 e. The number of anilines is 1. The van der Waals surface area contributed by atoms with Crippen molar-refractivity contribution in [3.8, 4) is 11.5 Å². The number of methoxy groups -OCH3 is 1. The quantitative estimate of drug-likeness (QED) is 0.869. The third-order valence-corrected chi connectivity index (χ3v) is 4.10. The van der Waals surface area contributed by atoms with Crippen molar-refractivity contribution < 1.29 is 23.8 Å². The Morgan fingerprint density at radius 1 is 1.04 bits per heavy atom. The molecule has 0 fully saturated rings. The van der Waals surface area contributed by atoms with Crippen molar-refractivity contribution in [3.05, 3.63) is 53.6 Å². The van der Waals surface area contributed by atoms with Gasteiger partial charge in [-0.05, 0) is 43.7 Å². The average Bonchev–Trinajstić information content (AvgIpc) is 2.62. The van der Waals surface area contributed by atoms with Crippen molar-refractivity contribution >= 4 is 17.6 Å². The first kappa shape index (κ1) is 16.8. The van der Waals surface area contributed by atoms with Crippen LogP contribution in [-0.4, -0.2) is 31.2 Å². The van der Waals surface area contributed by atoms with Crippen LogP contribution in [0, 0.1) is 6.92 Å². The molecule has 6 heteroatoms. The van der Waals surface area contributed by atoms with Gasteiger partial charge < -0.3 is 19.5 Å². The van der Waals surface area contributed by atoms with Gasteiger partial charge in [0.2, 0.25) is 6.10 Å². The number of benzene rings is 2. The van der Waals surface area contributed by atoms with Gasteiger partial charge in [0, 0.05) is 5.69 Å². The van der Waals surface area contributed by atoms with Gasteiger partial charge in [0.05, 0.1) is 12.7 Å². The maximum atomic E-state index is 12.7. The van der Waals surface area contributed by atoms with E-state index in [1.165, 1.54) is 7.11 Å². The standard InChI is InChI=1S/C19H19NO5/c1-11-13(19(22)23-3)7-6-8-14(11)20-18(21)17-12(2)24-15-9-4-5-10-16(15)25-17/h4-10,12,17H,1-3H3,(H,20,21)/t12-,17+/m0/s1. The second kappa shape index (κ2) is 6.84. The Balaban J connectivity index is 1.80. The highest BCUT2D eigenvalue weighted by Gasteiger charge is 2.34. The number of hydrogen-bond donors (Lipinski definition) is 1. The molecule has 1 N–H and O–H groups in total. The summed E-state index contributed by atoms with van der Waals surface area (Å²) >= 11 is 0. The van der Waals surface area contributed by atoms with Crippen molar-refractivity contribution in [2.75, 3.05) is 12.4 Å². The first-order valence-corrected chi connectivity index (χ1v) is 7.92. The van der Waals surface area contributed by atoms with Crippen LogP contribution in [0.1, 0.15) is 22.8 Å². The Morgan fingerprint density at radius 2 is 1.72 bits per heavy atom. The van der Waals surface area contributed by atoms with E-state index in [-0.39, 0.29) is 5.91 Å². The van der Waals surface area contributed by atoms with Gasteiger partial charge in [0.15, 0.2) is 11.5 Å². The highest BCUT2D eigenvalue weighted by Crippen LogP contribution is 2.33. The zero-order chi connectivity index (χ0) is 18.0. The first-order chi connectivity index (χ1) is 12.0. The smallest absolute Gasteiger partial charge is 0.338 e. The number of fused-ring (bicyclic) bond motifs is 1. The first-order valence-electron chi connectivity index (χ1n) is 7.92. The molecule has 130 valence electrons. The van der Waals surface area contributed by atoms with Gasteiger partial charge in [-0.25, -0.2) is 4.79 Å². The van der Waals surface area contributed by atoms with E-state index in [0.29, 0.717) is 28.3 Å². The van der Waals surface area contributed by atoms with E-state index in [9.17, 15) is 9.59 Å². The van der Waals surface area contributed by atoms with Crippen molar-refractivity contribution in [3.63, 3.8) is 0 Å². The predicted octanol–water partition coefficient (Wildman–Crippen LogP) is 2.95. The lowest BCUT2D eigenvalue weighted by Gasteiger charge is -2.31. The maximum Gasteiger partial charge on any atom is 0.338 e. The number of nitrogens with one attached hydrogen (secondary N) is 1. The van der Waals surface area contributed by atoms with E-state index in [0.717, 1.165) is 0 Å². The monoisotopic (exact) mass is 341 g/mol. The van der Waals surface area contributed by atoms with Gasteiger partial charge in [-0.2, -0.15) is 0 Å². The van der Waals surface area contributed by atoms with E-state index >= 15 is 0 Å². The van der Waals surface area contributed by atoms with Gasteiger partial charge in [0.25, 0.3) is 5.91 Å². The van der Waals surface area contributed by atoms with Gasteiger partial charge >= 0.3 is 5.97 Å². The summed E-state index contributed by atoms with van der Waals surface area (Å²) < 4.78 is 16.3. The van der Waals surface area contributed by atoms with E-state index < -0.39 is 18.2 Å². The average molecular weight is 341 g/mol. The molecule has 0 saturated heterocycles. The molecule has 0 unspecified atom stereocenters. The Kier molecular flexibility index (Phi) is 4.61. The molecule has 2 aromatic rings. The Labute approximate surface area is 145 Å². The topological polar surface area (TPSA) is 73.9 Å². The van der Waals surface area contributed by atoms with Crippen molar-refractivity contribution in [2.24, 2.45) is 0 Å². The third kappa shape index (κ3) is 3.28. The Hall–Kier alpha value is -3.02. The number of esters is 1. The number of carbonyl (C=O) groups excluding carboxylic acids is 2. The second-order valence-corrected chi connectivity index (χ2v) is 5.77. The molecular weight excluding hydrogens is 322 g/mol. The number of ether oxygens (including phenoxy) is 3. The van der Waals surface area contributed by atoms with E-state index in [1.807, 2.05) is 12.1 Å². The summed E-state index contributed by atoms with van der Waals surface area (Å²) in [5, 5.41) is 2.81. The van der Waals surface area contributed by atoms with Crippen LogP contribution in [0.4, 0.5) is 5.69 Å². The van der Waals surface area contributed by atoms with Gasteiger partial charge in [0.1, 0.15) is 6.10 Å². The number of amides is 1. The fraction of sp³-hybridized carbons (Fsp3) is 0.263. The molecule has 25 heavy (non-hydrogen) atoms. The zero-order valence-corrected chi connectivity index (χ0v) is 14.2. The number of para-hydroxylation sites is 2. The molecule has 6 nitrogen and oxygen atoms in total. The highest BCUT2D eigenvalue weighted by molar-refractivity contribution is 5.98. The molecule has 1 aliphatic heterocycles. The van der Waals surface area contributed by atoms with E-state index in [2.05, 4.69) is 5.32 Å². The summed E-state index contributed by atoms with van der Waals surface area (Å²) in [6.45, 7) is 3.52. The van der Waals surface area contributed by atoms with Gasteiger partial charge in [-0.3, -0.25) is 4.79 Å². The largest absolute Gasteiger partial charge is 0.482 e.